The van der Waals surface area contributed by atoms with E-state index in [0.29, 0.717) is 0 Å². The summed E-state index contributed by atoms with van der Waals surface area (Å²) in [6.45, 7) is 7.53. The van der Waals surface area contributed by atoms with E-state index in [-0.39, 0.29) is 24.2 Å². The van der Waals surface area contributed by atoms with Crippen LogP contribution >= 0.6 is 0 Å². The molecule has 1 atom stereocenters. The molecular weight excluding hydrogens is 282 g/mol. The van der Waals surface area contributed by atoms with Gasteiger partial charge in [0.25, 0.3) is 0 Å². The third-order valence-corrected chi connectivity index (χ3v) is 3.15. The van der Waals surface area contributed by atoms with Gasteiger partial charge in [0.1, 0.15) is 5.75 Å². The number of likely N-dealkylation sites (N-methyl/N-ethyl adjacent to an activating group) is 1. The lowest BCUT2D eigenvalue weighted by molar-refractivity contribution is -0.121. The molecule has 0 heterocycles. The van der Waals surface area contributed by atoms with E-state index in [1.807, 2.05) is 33.8 Å². The number of urea groups is 1. The van der Waals surface area contributed by atoms with E-state index in [1.54, 1.807) is 30.1 Å². The fourth-order valence-corrected chi connectivity index (χ4v) is 1.94. The number of hydrogen-bond acceptors (Lipinski definition) is 4. The van der Waals surface area contributed by atoms with Gasteiger partial charge in [0, 0.05) is 11.6 Å². The number of aromatic hydroxyl groups is 1. The second-order valence-corrected chi connectivity index (χ2v) is 6.44. The van der Waals surface area contributed by atoms with Crippen LogP contribution in [0.3, 0.4) is 0 Å². The Bertz CT molecular complexity index is 538. The largest absolute Gasteiger partial charge is 0.508 e. The maximum absolute atomic E-state index is 11.9. The predicted octanol–water partition coefficient (Wildman–Crippen LogP) is 2.01. The first-order valence-corrected chi connectivity index (χ1v) is 7.19. The maximum atomic E-state index is 11.9. The molecule has 22 heavy (non-hydrogen) atoms. The number of benzene rings is 1. The van der Waals surface area contributed by atoms with Crippen molar-refractivity contribution in [3.05, 3.63) is 29.8 Å². The van der Waals surface area contributed by atoms with Gasteiger partial charge in [0.15, 0.2) is 0 Å². The van der Waals surface area contributed by atoms with Crippen molar-refractivity contribution >= 4 is 11.9 Å². The van der Waals surface area contributed by atoms with Crippen LogP contribution in [0, 0.1) is 0 Å². The molecule has 0 spiro atoms. The van der Waals surface area contributed by atoms with E-state index >= 15 is 0 Å². The lowest BCUT2D eigenvalue weighted by Crippen LogP contribution is -2.50. The molecule has 0 radical (unpaired) electrons. The van der Waals surface area contributed by atoms with Crippen molar-refractivity contribution in [2.75, 3.05) is 13.6 Å². The van der Waals surface area contributed by atoms with Gasteiger partial charge in [-0.25, -0.2) is 4.79 Å². The first kappa shape index (κ1) is 18.0. The predicted molar refractivity (Wildman–Crippen MR) is 85.6 cm³/mol. The van der Waals surface area contributed by atoms with Crippen molar-refractivity contribution < 1.29 is 14.7 Å². The number of nitrogens with one attached hydrogen (secondary N) is 2. The number of hydrogen-bond donors (Lipinski definition) is 3. The summed E-state index contributed by atoms with van der Waals surface area (Å²) in [5.41, 5.74) is 0.500. The van der Waals surface area contributed by atoms with Crippen molar-refractivity contribution in [2.24, 2.45) is 0 Å². The van der Waals surface area contributed by atoms with Crippen molar-refractivity contribution in [3.63, 3.8) is 0 Å². The number of phenols is 1. The quantitative estimate of drug-likeness (QED) is 0.795. The van der Waals surface area contributed by atoms with Gasteiger partial charge in [0.05, 0.1) is 6.54 Å². The molecule has 0 aliphatic carbocycles. The summed E-state index contributed by atoms with van der Waals surface area (Å²) >= 11 is 0. The molecule has 122 valence electrons. The summed E-state index contributed by atoms with van der Waals surface area (Å²) in [5.74, 6) is -0.192. The summed E-state index contributed by atoms with van der Waals surface area (Å²) in [6, 6.07) is 6.32. The lowest BCUT2D eigenvalue weighted by atomic mass is 10.1. The van der Waals surface area contributed by atoms with Crippen LogP contribution in [0.25, 0.3) is 0 Å². The minimum atomic E-state index is -0.504. The summed E-state index contributed by atoms with van der Waals surface area (Å²) < 4.78 is 0. The normalized spacial score (nSPS) is 12.8. The molecule has 3 N–H and O–H groups in total. The molecule has 0 saturated heterocycles. The number of carbonyl (C=O) groups excluding carboxylic acids is 2. The van der Waals surface area contributed by atoms with Crippen LogP contribution in [0.2, 0.25) is 0 Å². The topological polar surface area (TPSA) is 81.7 Å². The van der Waals surface area contributed by atoms with Gasteiger partial charge in [-0.15, -0.1) is 0 Å². The summed E-state index contributed by atoms with van der Waals surface area (Å²) in [6.07, 6.45) is 0. The highest BCUT2D eigenvalue weighted by atomic mass is 16.3. The van der Waals surface area contributed by atoms with E-state index in [2.05, 4.69) is 10.6 Å². The van der Waals surface area contributed by atoms with E-state index in [9.17, 15) is 14.7 Å². The minimum absolute atomic E-state index is 0.0662. The summed E-state index contributed by atoms with van der Waals surface area (Å²) in [4.78, 5) is 25.3. The monoisotopic (exact) mass is 307 g/mol. The highest BCUT2D eigenvalue weighted by Crippen LogP contribution is 2.21. The zero-order chi connectivity index (χ0) is 16.9. The van der Waals surface area contributed by atoms with Crippen molar-refractivity contribution in [1.82, 2.24) is 15.5 Å². The molecule has 6 nitrogen and oxygen atoms in total. The highest BCUT2D eigenvalue weighted by Gasteiger charge is 2.19. The fraction of sp³-hybridized carbons (Fsp3) is 0.500. The van der Waals surface area contributed by atoms with E-state index in [0.717, 1.165) is 5.56 Å². The molecule has 1 unspecified atom stereocenters. The molecule has 0 fully saturated rings. The molecule has 0 aliphatic heterocycles. The third kappa shape index (κ3) is 6.13. The van der Waals surface area contributed by atoms with E-state index < -0.39 is 11.6 Å². The number of amides is 3. The standard InChI is InChI=1S/C16H25N3O3/c1-11(12-7-6-8-13(20)9-12)19(5)10-14(21)17-15(22)18-16(2,3)4/h6-9,11,20H,10H2,1-5H3,(H2,17,18,21,22). The van der Waals surface area contributed by atoms with Gasteiger partial charge < -0.3 is 10.4 Å². The van der Waals surface area contributed by atoms with Crippen LogP contribution < -0.4 is 10.6 Å². The Balaban J connectivity index is 2.55. The van der Waals surface area contributed by atoms with Crippen molar-refractivity contribution in [3.8, 4) is 5.75 Å². The van der Waals surface area contributed by atoms with Crippen LogP contribution in [-0.4, -0.2) is 41.1 Å². The number of imide groups is 1. The summed E-state index contributed by atoms with van der Waals surface area (Å²) in [7, 11) is 1.79. The van der Waals surface area contributed by atoms with E-state index in [1.165, 1.54) is 0 Å². The number of carbonyl (C=O) groups is 2. The fourth-order valence-electron chi connectivity index (χ4n) is 1.94. The molecule has 3 amide bonds. The van der Waals surface area contributed by atoms with Crippen LogP contribution in [-0.2, 0) is 4.79 Å². The second kappa shape index (κ2) is 7.26. The van der Waals surface area contributed by atoms with Gasteiger partial charge in [0.2, 0.25) is 5.91 Å². The van der Waals surface area contributed by atoms with Crippen molar-refractivity contribution in [1.29, 1.82) is 0 Å². The Morgan fingerprint density at radius 2 is 1.95 bits per heavy atom. The molecular formula is C16H25N3O3. The second-order valence-electron chi connectivity index (χ2n) is 6.44. The average Bonchev–Trinajstić information content (AvgIpc) is 2.34. The van der Waals surface area contributed by atoms with Crippen LogP contribution in [0.1, 0.15) is 39.3 Å². The van der Waals surface area contributed by atoms with Crippen LogP contribution in [0.4, 0.5) is 4.79 Å². The Kier molecular flexibility index (Phi) is 5.93. The Morgan fingerprint density at radius 3 is 2.50 bits per heavy atom. The molecule has 1 rings (SSSR count). The summed E-state index contributed by atoms with van der Waals surface area (Å²) in [5, 5.41) is 14.5. The van der Waals surface area contributed by atoms with Gasteiger partial charge in [-0.2, -0.15) is 0 Å². The Morgan fingerprint density at radius 1 is 1.32 bits per heavy atom. The molecule has 0 saturated carbocycles. The molecule has 0 aromatic heterocycles. The number of rotatable bonds is 4. The average molecular weight is 307 g/mol. The van der Waals surface area contributed by atoms with Gasteiger partial charge in [-0.3, -0.25) is 15.0 Å². The molecule has 1 aromatic carbocycles. The van der Waals surface area contributed by atoms with Gasteiger partial charge in [-0.1, -0.05) is 12.1 Å². The molecule has 1 aromatic rings. The minimum Gasteiger partial charge on any atom is -0.508 e. The van der Waals surface area contributed by atoms with Gasteiger partial charge in [-0.05, 0) is 52.4 Å². The molecule has 6 heteroatoms. The van der Waals surface area contributed by atoms with Gasteiger partial charge >= 0.3 is 6.03 Å². The maximum Gasteiger partial charge on any atom is 0.321 e. The number of nitrogens with zero attached hydrogens (tertiary/aromatic N) is 1. The molecule has 0 bridgehead atoms. The Labute approximate surface area is 131 Å². The Hall–Kier alpha value is -2.08. The number of phenolic OH excluding ortho intramolecular Hbond substituents is 1. The van der Waals surface area contributed by atoms with E-state index in [4.69, 9.17) is 0 Å². The first-order chi connectivity index (χ1) is 10.1. The lowest BCUT2D eigenvalue weighted by Gasteiger charge is -2.25. The SMILES string of the molecule is CC(c1cccc(O)c1)N(C)CC(=O)NC(=O)NC(C)(C)C. The third-order valence-electron chi connectivity index (χ3n) is 3.15. The van der Waals surface area contributed by atoms with Crippen molar-refractivity contribution in [2.45, 2.75) is 39.3 Å². The zero-order valence-corrected chi connectivity index (χ0v) is 13.8. The zero-order valence-electron chi connectivity index (χ0n) is 13.8. The first-order valence-electron chi connectivity index (χ1n) is 7.19. The van der Waals surface area contributed by atoms with Crippen LogP contribution in [0.5, 0.6) is 5.75 Å². The molecule has 0 aliphatic rings. The smallest absolute Gasteiger partial charge is 0.321 e. The highest BCUT2D eigenvalue weighted by molar-refractivity contribution is 5.95. The van der Waals surface area contributed by atoms with Crippen LogP contribution in [0.15, 0.2) is 24.3 Å².